The molecule has 7 amide bonds. The number of aromatic nitrogens is 2. The Bertz CT molecular complexity index is 2910. The lowest BCUT2D eigenvalue weighted by atomic mass is 9.85. The molecule has 7 N–H and O–H groups in total. The zero-order valence-electron chi connectivity index (χ0n) is 40.5. The molecule has 21 nitrogen and oxygen atoms in total. The van der Waals surface area contributed by atoms with Gasteiger partial charge in [-0.1, -0.05) is 46.2 Å². The number of aryl methyl sites for hydroxylation is 1. The first kappa shape index (κ1) is 51.7. The zero-order valence-corrected chi connectivity index (χ0v) is 40.5. The number of imide groups is 1. The number of hydrogen-bond donors (Lipinski definition) is 5. The second-order valence-electron chi connectivity index (χ2n) is 18.2. The maximum atomic E-state index is 14.6. The number of esters is 1. The van der Waals surface area contributed by atoms with Crippen molar-refractivity contribution >= 4 is 64.3 Å². The van der Waals surface area contributed by atoms with Gasteiger partial charge in [0.1, 0.15) is 31.0 Å². The fourth-order valence-electron chi connectivity index (χ4n) is 9.44. The van der Waals surface area contributed by atoms with Crippen molar-refractivity contribution in [3.05, 3.63) is 98.9 Å². The van der Waals surface area contributed by atoms with Gasteiger partial charge in [0, 0.05) is 53.9 Å². The van der Waals surface area contributed by atoms with Gasteiger partial charge in [0.15, 0.2) is 0 Å². The number of amides is 7. The predicted molar refractivity (Wildman–Crippen MR) is 259 cm³/mol. The lowest BCUT2D eigenvalue weighted by molar-refractivity contribution is -0.175. The third kappa shape index (κ3) is 10.6. The smallest absolute Gasteiger partial charge is 0.508 e. The SMILES string of the molecule is CCc1c2c(nc3ccc(O)cc13)-c1cc3c(c(=O)n1C2)COC(=O)[C@@]3(CC)OC(=O)OCc1ccc(N(C(=O)[C@@H](NC(=O)CCCCCN2C(=O)C=CC2=O)C(C)C)[C@@H](CCCNC(N)=O)C(N)=O)cc1. The molecule has 3 aliphatic rings. The lowest BCUT2D eigenvalue weighted by Crippen LogP contribution is -2.57. The molecule has 3 atom stereocenters. The van der Waals surface area contributed by atoms with E-state index in [0.29, 0.717) is 48.2 Å². The number of fused-ring (bicyclic) bond motifs is 5. The number of pyridine rings is 2. The largest absolute Gasteiger partial charge is 0.510 e. The lowest BCUT2D eigenvalue weighted by Gasteiger charge is -2.35. The van der Waals surface area contributed by atoms with Crippen LogP contribution in [-0.2, 0) is 74.8 Å². The fourth-order valence-corrected chi connectivity index (χ4v) is 9.44. The fraction of sp³-hybridized carbons (Fsp3) is 0.412. The van der Waals surface area contributed by atoms with Crippen LogP contribution < -0.4 is 32.6 Å². The van der Waals surface area contributed by atoms with E-state index in [2.05, 4.69) is 10.6 Å². The third-order valence-electron chi connectivity index (χ3n) is 13.2. The second-order valence-corrected chi connectivity index (χ2v) is 18.2. The van der Waals surface area contributed by atoms with E-state index in [4.69, 9.17) is 30.7 Å². The minimum absolute atomic E-state index is 0.000463. The van der Waals surface area contributed by atoms with Crippen LogP contribution in [0.5, 0.6) is 5.75 Å². The predicted octanol–water partition coefficient (Wildman–Crippen LogP) is 3.97. The number of nitrogens with one attached hydrogen (secondary N) is 2. The summed E-state index contributed by atoms with van der Waals surface area (Å²) in [6.45, 7) is 6.77. The van der Waals surface area contributed by atoms with Crippen LogP contribution >= 0.6 is 0 Å². The molecular weight excluding hydrogens is 933 g/mol. The van der Waals surface area contributed by atoms with E-state index >= 15 is 0 Å². The summed E-state index contributed by atoms with van der Waals surface area (Å²) in [5.74, 6) is -4.00. The molecule has 2 aromatic heterocycles. The monoisotopic (exact) mass is 990 g/mol. The molecule has 0 radical (unpaired) electrons. The van der Waals surface area contributed by atoms with Gasteiger partial charge in [-0.2, -0.15) is 0 Å². The van der Waals surface area contributed by atoms with Crippen LogP contribution in [0.4, 0.5) is 15.3 Å². The van der Waals surface area contributed by atoms with Gasteiger partial charge in [-0.25, -0.2) is 19.4 Å². The van der Waals surface area contributed by atoms with Crippen molar-refractivity contribution in [1.82, 2.24) is 25.1 Å². The molecule has 2 aromatic carbocycles. The molecule has 0 bridgehead atoms. The van der Waals surface area contributed by atoms with Crippen LogP contribution in [0.15, 0.2) is 65.5 Å². The summed E-state index contributed by atoms with van der Waals surface area (Å²) in [7, 11) is 0. The van der Waals surface area contributed by atoms with Gasteiger partial charge in [-0.3, -0.25) is 38.6 Å². The number of benzene rings is 2. The number of unbranched alkanes of at least 4 members (excludes halogenated alkanes) is 2. The molecule has 3 aliphatic heterocycles. The molecule has 0 fully saturated rings. The summed E-state index contributed by atoms with van der Waals surface area (Å²) >= 11 is 0. The molecule has 5 heterocycles. The van der Waals surface area contributed by atoms with E-state index in [1.54, 1.807) is 43.5 Å². The number of carbonyl (C=O) groups excluding carboxylic acids is 8. The number of urea groups is 1. The van der Waals surface area contributed by atoms with Crippen molar-refractivity contribution in [2.75, 3.05) is 18.0 Å². The minimum Gasteiger partial charge on any atom is -0.508 e. The van der Waals surface area contributed by atoms with Crippen molar-refractivity contribution in [3.63, 3.8) is 0 Å². The number of aromatic hydroxyl groups is 1. The van der Waals surface area contributed by atoms with Crippen LogP contribution in [0.3, 0.4) is 0 Å². The van der Waals surface area contributed by atoms with Crippen molar-refractivity contribution < 1.29 is 57.7 Å². The Labute approximate surface area is 413 Å². The second kappa shape index (κ2) is 21.9. The van der Waals surface area contributed by atoms with Crippen molar-refractivity contribution in [1.29, 1.82) is 0 Å². The Balaban J connectivity index is 1.07. The number of rotatable bonds is 21. The van der Waals surface area contributed by atoms with Crippen molar-refractivity contribution in [3.8, 4) is 17.1 Å². The number of hydrogen-bond acceptors (Lipinski definition) is 14. The van der Waals surface area contributed by atoms with Gasteiger partial charge in [-0.05, 0) is 92.0 Å². The molecule has 4 aromatic rings. The van der Waals surface area contributed by atoms with Gasteiger partial charge in [0.2, 0.25) is 17.4 Å². The van der Waals surface area contributed by atoms with Crippen LogP contribution in [0.2, 0.25) is 0 Å². The molecule has 0 unspecified atom stereocenters. The first-order valence-electron chi connectivity index (χ1n) is 23.9. The van der Waals surface area contributed by atoms with Crippen LogP contribution in [0.1, 0.15) is 100 Å². The highest BCUT2D eigenvalue weighted by atomic mass is 16.7. The highest BCUT2D eigenvalue weighted by Gasteiger charge is 2.51. The number of nitrogens with zero attached hydrogens (tertiary/aromatic N) is 4. The molecule has 21 heteroatoms. The van der Waals surface area contributed by atoms with Gasteiger partial charge in [0.05, 0.1) is 29.0 Å². The summed E-state index contributed by atoms with van der Waals surface area (Å²) in [5, 5.41) is 16.2. The topological polar surface area (TPSA) is 302 Å². The number of anilines is 1. The average molecular weight is 991 g/mol. The maximum absolute atomic E-state index is 14.6. The summed E-state index contributed by atoms with van der Waals surface area (Å²) in [6, 6.07) is 9.40. The van der Waals surface area contributed by atoms with E-state index in [-0.39, 0.29) is 92.9 Å². The van der Waals surface area contributed by atoms with Crippen molar-refractivity contribution in [2.45, 2.75) is 117 Å². The number of phenolic OH excluding ortho intramolecular Hbond substituents is 1. The van der Waals surface area contributed by atoms with E-state index in [1.165, 1.54) is 47.4 Å². The number of nitrogens with two attached hydrogens (primary N) is 2. The molecule has 380 valence electrons. The van der Waals surface area contributed by atoms with Gasteiger partial charge >= 0.3 is 18.2 Å². The molecule has 7 rings (SSSR count). The van der Waals surface area contributed by atoms with Gasteiger partial charge < -0.3 is 46.0 Å². The normalized spacial score (nSPS) is 16.4. The van der Waals surface area contributed by atoms with Crippen LogP contribution in [0.25, 0.3) is 22.3 Å². The molecule has 0 saturated heterocycles. The third-order valence-corrected chi connectivity index (χ3v) is 13.2. The summed E-state index contributed by atoms with van der Waals surface area (Å²) in [6.07, 6.45) is 3.27. The van der Waals surface area contributed by atoms with Crippen molar-refractivity contribution in [2.24, 2.45) is 17.4 Å². The molecule has 0 aliphatic carbocycles. The highest BCUT2D eigenvalue weighted by molar-refractivity contribution is 6.12. The minimum atomic E-state index is -2.06. The standard InChI is InChI=1S/C51H58N8O13/c1-5-32-33-23-31(60)17-18-37(33)55-44-34(32)25-58-39(44)24-36-35(46(58)65)27-70-48(67)51(36,6-2)72-50(69)71-26-29-13-15-30(16-14-29)59(38(45(52)64)11-10-21-54-49(53)68)47(66)43(28(3)4)56-40(61)12-8-7-9-22-57-41(62)19-20-42(57)63/h13-20,23-24,28,38,43,60H,5-12,21-22,25-27H2,1-4H3,(H2,52,64)(H,56,61)(H3,53,54,68)/t38-,43-,51-/m0/s1. The Kier molecular flexibility index (Phi) is 15.7. The Morgan fingerprint density at radius 3 is 2.31 bits per heavy atom. The number of phenols is 1. The van der Waals surface area contributed by atoms with Gasteiger partial charge in [0.25, 0.3) is 23.3 Å². The highest BCUT2D eigenvalue weighted by Crippen LogP contribution is 2.42. The van der Waals surface area contributed by atoms with E-state index in [0.717, 1.165) is 21.4 Å². The van der Waals surface area contributed by atoms with E-state index < -0.39 is 65.0 Å². The van der Waals surface area contributed by atoms with Crippen LogP contribution in [0, 0.1) is 5.92 Å². The number of cyclic esters (lactones) is 1. The summed E-state index contributed by atoms with van der Waals surface area (Å²) < 4.78 is 18.4. The first-order valence-corrected chi connectivity index (χ1v) is 23.9. The average Bonchev–Trinajstić information content (AvgIpc) is 3.88. The number of carbonyl (C=O) groups is 8. The molecular formula is C51H58N8O13. The Hall–Kier alpha value is -8.10. The maximum Gasteiger partial charge on any atom is 0.510 e. The molecule has 72 heavy (non-hydrogen) atoms. The first-order chi connectivity index (χ1) is 34.4. The Morgan fingerprint density at radius 2 is 1.65 bits per heavy atom. The molecule has 0 spiro atoms. The number of primary amides is 2. The Morgan fingerprint density at radius 1 is 0.931 bits per heavy atom. The van der Waals surface area contributed by atoms with E-state index in [9.17, 15) is 48.3 Å². The summed E-state index contributed by atoms with van der Waals surface area (Å²) in [4.78, 5) is 125. The molecule has 0 saturated carbocycles. The van der Waals surface area contributed by atoms with E-state index in [1.807, 2.05) is 6.92 Å². The number of ether oxygens (including phenoxy) is 3. The zero-order chi connectivity index (χ0) is 52.0. The summed E-state index contributed by atoms with van der Waals surface area (Å²) in [5.41, 5.74) is 12.8. The van der Waals surface area contributed by atoms with Crippen LogP contribution in [-0.4, -0.2) is 92.4 Å². The quantitative estimate of drug-likeness (QED) is 0.0395. The van der Waals surface area contributed by atoms with Gasteiger partial charge in [-0.15, -0.1) is 0 Å².